The Morgan fingerprint density at radius 3 is 2.90 bits per heavy atom. The van der Waals surface area contributed by atoms with Crippen molar-refractivity contribution < 1.29 is 9.53 Å². The normalized spacial score (nSPS) is 19.5. The monoisotopic (exact) mass is 415 g/mol. The molecule has 0 aliphatic carbocycles. The van der Waals surface area contributed by atoms with Gasteiger partial charge in [0.25, 0.3) is 0 Å². The van der Waals surface area contributed by atoms with Crippen molar-refractivity contribution >= 4 is 23.4 Å². The van der Waals surface area contributed by atoms with Crippen molar-refractivity contribution in [3.8, 4) is 0 Å². The fraction of sp³-hybridized carbons (Fsp3) is 0.476. The van der Waals surface area contributed by atoms with E-state index in [0.29, 0.717) is 19.8 Å². The number of rotatable bonds is 5. The molecule has 0 spiro atoms. The second-order valence-corrected chi connectivity index (χ2v) is 8.07. The topological polar surface area (TPSA) is 70.6 Å². The van der Waals surface area contributed by atoms with Gasteiger partial charge in [0.1, 0.15) is 0 Å². The van der Waals surface area contributed by atoms with Crippen molar-refractivity contribution in [2.24, 2.45) is 0 Å². The van der Waals surface area contributed by atoms with Gasteiger partial charge < -0.3 is 19.9 Å². The number of ether oxygens (including phenoxy) is 1. The van der Waals surface area contributed by atoms with Crippen LogP contribution in [0.2, 0.25) is 5.02 Å². The number of piperidine rings is 1. The summed E-state index contributed by atoms with van der Waals surface area (Å²) in [6.45, 7) is 5.30. The number of benzene rings is 1. The molecule has 1 atom stereocenters. The van der Waals surface area contributed by atoms with Crippen LogP contribution < -0.4 is 10.2 Å². The lowest BCUT2D eigenvalue weighted by molar-refractivity contribution is -0.0622. The highest BCUT2D eigenvalue weighted by Crippen LogP contribution is 2.24. The number of hydrogen-bond acceptors (Lipinski definition) is 5. The smallest absolute Gasteiger partial charge is 0.318 e. The Morgan fingerprint density at radius 2 is 2.21 bits per heavy atom. The molecule has 0 saturated carbocycles. The summed E-state index contributed by atoms with van der Waals surface area (Å²) >= 11 is 6.10. The van der Waals surface area contributed by atoms with Crippen molar-refractivity contribution in [2.45, 2.75) is 38.4 Å². The SMILES string of the molecule is Cc1cc(CNC(=O)N(C2COC2)[C@H]2CCCN(c3cccnn3)C2)ccc1Cl. The molecule has 0 radical (unpaired) electrons. The summed E-state index contributed by atoms with van der Waals surface area (Å²) in [7, 11) is 0. The van der Waals surface area contributed by atoms with E-state index in [9.17, 15) is 4.79 Å². The maximum absolute atomic E-state index is 13.1. The first-order valence-electron chi connectivity index (χ1n) is 10.0. The van der Waals surface area contributed by atoms with Crippen molar-refractivity contribution in [3.05, 3.63) is 52.7 Å². The van der Waals surface area contributed by atoms with Crippen LogP contribution in [-0.2, 0) is 11.3 Å². The molecule has 0 unspecified atom stereocenters. The Labute approximate surface area is 176 Å². The number of hydrogen-bond donors (Lipinski definition) is 1. The lowest BCUT2D eigenvalue weighted by Gasteiger charge is -2.45. The van der Waals surface area contributed by atoms with Crippen molar-refractivity contribution in [2.75, 3.05) is 31.2 Å². The van der Waals surface area contributed by atoms with Crippen molar-refractivity contribution in [1.82, 2.24) is 20.4 Å². The van der Waals surface area contributed by atoms with E-state index < -0.39 is 0 Å². The molecular formula is C21H26ClN5O2. The van der Waals surface area contributed by atoms with Crippen LogP contribution in [0.15, 0.2) is 36.5 Å². The maximum Gasteiger partial charge on any atom is 0.318 e. The Kier molecular flexibility index (Phi) is 6.16. The highest BCUT2D eigenvalue weighted by Gasteiger charge is 2.37. The molecule has 1 aromatic carbocycles. The van der Waals surface area contributed by atoms with Crippen LogP contribution in [0, 0.1) is 6.92 Å². The molecule has 1 N–H and O–H groups in total. The number of carbonyl (C=O) groups excluding carboxylic acids is 1. The van der Waals surface area contributed by atoms with E-state index in [1.807, 2.05) is 42.2 Å². The first kappa shape index (κ1) is 19.9. The fourth-order valence-electron chi connectivity index (χ4n) is 3.95. The van der Waals surface area contributed by atoms with Crippen LogP contribution in [0.5, 0.6) is 0 Å². The van der Waals surface area contributed by atoms with Gasteiger partial charge in [0.05, 0.1) is 25.3 Å². The molecule has 2 aliphatic rings. The molecule has 0 bridgehead atoms. The summed E-state index contributed by atoms with van der Waals surface area (Å²) in [5.74, 6) is 0.860. The first-order chi connectivity index (χ1) is 14.1. The predicted octanol–water partition coefficient (Wildman–Crippen LogP) is 3.02. The van der Waals surface area contributed by atoms with E-state index in [2.05, 4.69) is 20.4 Å². The van der Waals surface area contributed by atoms with Gasteiger partial charge in [0.15, 0.2) is 5.82 Å². The van der Waals surface area contributed by atoms with Gasteiger partial charge in [-0.15, -0.1) is 5.10 Å². The van der Waals surface area contributed by atoms with Crippen LogP contribution >= 0.6 is 11.6 Å². The predicted molar refractivity (Wildman–Crippen MR) is 112 cm³/mol. The molecule has 8 heteroatoms. The lowest BCUT2D eigenvalue weighted by Crippen LogP contribution is -2.62. The number of nitrogens with one attached hydrogen (secondary N) is 1. The van der Waals surface area contributed by atoms with Crippen molar-refractivity contribution in [1.29, 1.82) is 0 Å². The van der Waals surface area contributed by atoms with Gasteiger partial charge in [-0.1, -0.05) is 23.7 Å². The molecule has 1 aromatic heterocycles. The van der Waals surface area contributed by atoms with E-state index in [1.165, 1.54) is 0 Å². The summed E-state index contributed by atoms with van der Waals surface area (Å²) in [5, 5.41) is 12.0. The minimum absolute atomic E-state index is 0.0445. The van der Waals surface area contributed by atoms with Gasteiger partial charge in [-0.25, -0.2) is 4.79 Å². The summed E-state index contributed by atoms with van der Waals surface area (Å²) in [6.07, 6.45) is 3.66. The van der Waals surface area contributed by atoms with Gasteiger partial charge in [-0.05, 0) is 49.1 Å². The summed E-state index contributed by atoms with van der Waals surface area (Å²) in [6, 6.07) is 9.88. The summed E-state index contributed by atoms with van der Waals surface area (Å²) in [4.78, 5) is 17.3. The largest absolute Gasteiger partial charge is 0.377 e. The number of aromatic nitrogens is 2. The number of aryl methyl sites for hydroxylation is 1. The second-order valence-electron chi connectivity index (χ2n) is 7.66. The highest BCUT2D eigenvalue weighted by molar-refractivity contribution is 6.31. The number of anilines is 1. The number of urea groups is 1. The van der Waals surface area contributed by atoms with E-state index >= 15 is 0 Å². The average molecular weight is 416 g/mol. The Bertz CT molecular complexity index is 846. The third-order valence-corrected chi connectivity index (χ3v) is 6.01. The number of amides is 2. The van der Waals surface area contributed by atoms with Crippen molar-refractivity contribution in [3.63, 3.8) is 0 Å². The van der Waals surface area contributed by atoms with E-state index in [4.69, 9.17) is 16.3 Å². The standard InChI is InChI=1S/C21H26ClN5O2/c1-15-10-16(6-7-19(15)22)11-23-21(28)27(18-13-29-14-18)17-4-3-9-26(12-17)20-5-2-8-24-25-20/h2,5-8,10,17-18H,3-4,9,11-14H2,1H3,(H,23,28)/t17-/m0/s1. The number of halogens is 1. The van der Waals surface area contributed by atoms with Crippen LogP contribution in [0.1, 0.15) is 24.0 Å². The molecule has 7 nitrogen and oxygen atoms in total. The third-order valence-electron chi connectivity index (χ3n) is 5.59. The van der Waals surface area contributed by atoms with E-state index in [-0.39, 0.29) is 18.1 Å². The summed E-state index contributed by atoms with van der Waals surface area (Å²) in [5.41, 5.74) is 2.05. The van der Waals surface area contributed by atoms with Gasteiger partial charge in [0, 0.05) is 30.9 Å². The van der Waals surface area contributed by atoms with Gasteiger partial charge in [-0.2, -0.15) is 5.10 Å². The Morgan fingerprint density at radius 1 is 1.34 bits per heavy atom. The maximum atomic E-state index is 13.1. The van der Waals surface area contributed by atoms with Crippen LogP contribution in [0.25, 0.3) is 0 Å². The zero-order valence-corrected chi connectivity index (χ0v) is 17.3. The quantitative estimate of drug-likeness (QED) is 0.812. The molecule has 154 valence electrons. The minimum atomic E-state index is -0.0445. The minimum Gasteiger partial charge on any atom is -0.377 e. The molecule has 4 rings (SSSR count). The Hall–Kier alpha value is -2.38. The lowest BCUT2D eigenvalue weighted by atomic mass is 10.0. The molecule has 3 heterocycles. The zero-order valence-electron chi connectivity index (χ0n) is 16.6. The van der Waals surface area contributed by atoms with Gasteiger partial charge >= 0.3 is 6.03 Å². The molecule has 2 aliphatic heterocycles. The number of carbonyl (C=O) groups is 1. The van der Waals surface area contributed by atoms with E-state index in [1.54, 1.807) is 6.20 Å². The second kappa shape index (κ2) is 8.97. The molecule has 2 amide bonds. The zero-order chi connectivity index (χ0) is 20.2. The van der Waals surface area contributed by atoms with Crippen LogP contribution in [0.3, 0.4) is 0 Å². The average Bonchev–Trinajstić information content (AvgIpc) is 2.72. The van der Waals surface area contributed by atoms with E-state index in [0.717, 1.165) is 47.9 Å². The van der Waals surface area contributed by atoms with Crippen LogP contribution in [0.4, 0.5) is 10.6 Å². The molecule has 29 heavy (non-hydrogen) atoms. The molecule has 2 aromatic rings. The van der Waals surface area contributed by atoms with Gasteiger partial charge in [-0.3, -0.25) is 0 Å². The first-order valence-corrected chi connectivity index (χ1v) is 10.4. The van der Waals surface area contributed by atoms with Crippen LogP contribution in [-0.4, -0.2) is 59.5 Å². The molecule has 2 fully saturated rings. The fourth-order valence-corrected chi connectivity index (χ4v) is 4.07. The van der Waals surface area contributed by atoms with Gasteiger partial charge in [0.2, 0.25) is 0 Å². The number of nitrogens with zero attached hydrogens (tertiary/aromatic N) is 4. The third kappa shape index (κ3) is 4.62. The highest BCUT2D eigenvalue weighted by atomic mass is 35.5. The molecule has 2 saturated heterocycles. The summed E-state index contributed by atoms with van der Waals surface area (Å²) < 4.78 is 5.39. The Balaban J connectivity index is 1.44. The molecular weight excluding hydrogens is 390 g/mol.